The maximum absolute atomic E-state index is 12.1. The van der Waals surface area contributed by atoms with Crippen molar-refractivity contribution in [2.45, 2.75) is 32.7 Å². The topological polar surface area (TPSA) is 69.4 Å². The molecule has 0 aliphatic heterocycles. The van der Waals surface area contributed by atoms with Crippen molar-refractivity contribution >= 4 is 11.8 Å². The van der Waals surface area contributed by atoms with E-state index in [1.165, 1.54) is 7.11 Å². The molecule has 0 aromatic carbocycles. The summed E-state index contributed by atoms with van der Waals surface area (Å²) in [7, 11) is 1.33. The van der Waals surface area contributed by atoms with E-state index in [0.29, 0.717) is 6.42 Å². The summed E-state index contributed by atoms with van der Waals surface area (Å²) >= 11 is 0. The van der Waals surface area contributed by atoms with E-state index in [0.717, 1.165) is 6.42 Å². The fourth-order valence-electron chi connectivity index (χ4n) is 3.55. The van der Waals surface area contributed by atoms with Crippen molar-refractivity contribution in [2.75, 3.05) is 7.11 Å². The maximum Gasteiger partial charge on any atom is 0.319 e. The molecule has 0 aromatic rings. The second-order valence-corrected chi connectivity index (χ2v) is 5.15. The highest BCUT2D eigenvalue weighted by Crippen LogP contribution is 2.63. The minimum atomic E-state index is -0.980. The Labute approximate surface area is 89.2 Å². The second kappa shape index (κ2) is 2.82. The monoisotopic (exact) mass is 211 g/mol. The number of nitrogens with two attached hydrogens (primary N) is 1. The average Bonchev–Trinajstić information content (AvgIpc) is 2.53. The molecule has 4 heteroatoms. The molecule has 84 valence electrons. The first-order valence-corrected chi connectivity index (χ1v) is 5.28. The van der Waals surface area contributed by atoms with Gasteiger partial charge in [-0.25, -0.2) is 0 Å². The molecule has 0 unspecified atom stereocenters. The summed E-state index contributed by atoms with van der Waals surface area (Å²) in [5.41, 5.74) is 4.51. The van der Waals surface area contributed by atoms with E-state index < -0.39 is 17.4 Å². The minimum Gasteiger partial charge on any atom is -0.468 e. The van der Waals surface area contributed by atoms with E-state index in [9.17, 15) is 9.59 Å². The zero-order chi connectivity index (χ0) is 11.4. The van der Waals surface area contributed by atoms with Crippen molar-refractivity contribution in [2.24, 2.45) is 22.5 Å². The Balaban J connectivity index is 2.54. The van der Waals surface area contributed by atoms with Gasteiger partial charge in [-0.3, -0.25) is 9.59 Å². The third kappa shape index (κ3) is 0.911. The van der Waals surface area contributed by atoms with Crippen molar-refractivity contribution < 1.29 is 14.3 Å². The van der Waals surface area contributed by atoms with Crippen LogP contribution in [0.4, 0.5) is 0 Å². The van der Waals surface area contributed by atoms with Crippen LogP contribution >= 0.6 is 0 Å². The molecule has 15 heavy (non-hydrogen) atoms. The molecular formula is C11H17NO3. The van der Waals surface area contributed by atoms with Gasteiger partial charge in [-0.2, -0.15) is 0 Å². The number of ketones is 1. The molecule has 4 nitrogen and oxygen atoms in total. The number of Topliss-reactive ketones (excluding diaryl/α,β-unsaturated/α-hetero) is 1. The first-order valence-electron chi connectivity index (χ1n) is 5.28. The molecule has 2 bridgehead atoms. The fourth-order valence-corrected chi connectivity index (χ4v) is 3.55. The first-order chi connectivity index (χ1) is 6.89. The Morgan fingerprint density at radius 2 is 2.13 bits per heavy atom. The molecule has 0 spiro atoms. The summed E-state index contributed by atoms with van der Waals surface area (Å²) in [6.45, 7) is 3.90. The number of carbonyl (C=O) groups excluding carboxylic acids is 2. The molecule has 3 atom stereocenters. The van der Waals surface area contributed by atoms with Crippen LogP contribution in [0.3, 0.4) is 0 Å². The number of esters is 1. The summed E-state index contributed by atoms with van der Waals surface area (Å²) in [5.74, 6) is -0.423. The number of methoxy groups -OCH3 is 1. The predicted molar refractivity (Wildman–Crippen MR) is 53.9 cm³/mol. The molecular weight excluding hydrogens is 194 g/mol. The van der Waals surface area contributed by atoms with Gasteiger partial charge in [0, 0.05) is 0 Å². The number of carbonyl (C=O) groups is 2. The molecule has 0 aromatic heterocycles. The molecule has 2 N–H and O–H groups in total. The number of fused-ring (bicyclic) bond motifs is 2. The van der Waals surface area contributed by atoms with Crippen molar-refractivity contribution in [3.63, 3.8) is 0 Å². The van der Waals surface area contributed by atoms with Crippen LogP contribution in [-0.2, 0) is 14.3 Å². The summed E-state index contributed by atoms with van der Waals surface area (Å²) in [5, 5.41) is 0. The van der Waals surface area contributed by atoms with Gasteiger partial charge in [0.05, 0.1) is 13.2 Å². The minimum absolute atomic E-state index is 0.115. The van der Waals surface area contributed by atoms with Crippen LogP contribution in [-0.4, -0.2) is 24.9 Å². The number of ether oxygens (including phenoxy) is 1. The Kier molecular flexibility index (Phi) is 1.99. The van der Waals surface area contributed by atoms with Crippen LogP contribution in [0, 0.1) is 16.7 Å². The van der Waals surface area contributed by atoms with Gasteiger partial charge in [0.15, 0.2) is 5.78 Å². The van der Waals surface area contributed by atoms with Gasteiger partial charge in [-0.15, -0.1) is 0 Å². The van der Waals surface area contributed by atoms with Crippen LogP contribution in [0.1, 0.15) is 26.7 Å². The standard InChI is InChI=1S/C11H17NO3/c1-10(2)6-4-5-11(10,9(14)15-3)8(13)7(6)12/h6-7H,4-5,12H2,1-3H3/t6-,7+,11+/m1/s1. The van der Waals surface area contributed by atoms with Gasteiger partial charge in [-0.1, -0.05) is 13.8 Å². The Morgan fingerprint density at radius 1 is 1.53 bits per heavy atom. The largest absolute Gasteiger partial charge is 0.468 e. The van der Waals surface area contributed by atoms with Gasteiger partial charge in [0.25, 0.3) is 0 Å². The lowest BCUT2D eigenvalue weighted by atomic mass is 9.69. The molecule has 2 saturated carbocycles. The van der Waals surface area contributed by atoms with Crippen LogP contribution < -0.4 is 5.73 Å². The summed E-state index contributed by atoms with van der Waals surface area (Å²) in [6, 6.07) is -0.493. The molecule has 0 radical (unpaired) electrons. The number of rotatable bonds is 1. The fraction of sp³-hybridized carbons (Fsp3) is 0.818. The predicted octanol–water partition coefficient (Wildman–Crippen LogP) is 0.492. The highest BCUT2D eigenvalue weighted by molar-refractivity contribution is 6.10. The van der Waals surface area contributed by atoms with Crippen molar-refractivity contribution in [1.29, 1.82) is 0 Å². The zero-order valence-corrected chi connectivity index (χ0v) is 9.37. The zero-order valence-electron chi connectivity index (χ0n) is 9.37. The van der Waals surface area contributed by atoms with E-state index >= 15 is 0 Å². The molecule has 2 aliphatic carbocycles. The third-order valence-electron chi connectivity index (χ3n) is 4.55. The van der Waals surface area contributed by atoms with Gasteiger partial charge in [0.1, 0.15) is 5.41 Å². The highest BCUT2D eigenvalue weighted by atomic mass is 16.5. The van der Waals surface area contributed by atoms with Crippen molar-refractivity contribution in [1.82, 2.24) is 0 Å². The summed E-state index contributed by atoms with van der Waals surface area (Å²) in [4.78, 5) is 23.9. The van der Waals surface area contributed by atoms with E-state index in [4.69, 9.17) is 10.5 Å². The quantitative estimate of drug-likeness (QED) is 0.506. The lowest BCUT2D eigenvalue weighted by Gasteiger charge is -2.33. The van der Waals surface area contributed by atoms with Crippen LogP contribution in [0.2, 0.25) is 0 Å². The SMILES string of the molecule is COC(=O)[C@]12CC[C@H]([C@H](N)C1=O)C2(C)C. The van der Waals surface area contributed by atoms with E-state index in [-0.39, 0.29) is 17.1 Å². The van der Waals surface area contributed by atoms with Crippen LogP contribution in [0.25, 0.3) is 0 Å². The van der Waals surface area contributed by atoms with Crippen molar-refractivity contribution in [3.8, 4) is 0 Å². The third-order valence-corrected chi connectivity index (χ3v) is 4.55. The Hall–Kier alpha value is -0.900. The summed E-state index contributed by atoms with van der Waals surface area (Å²) in [6.07, 6.45) is 1.43. The van der Waals surface area contributed by atoms with Crippen LogP contribution in [0.15, 0.2) is 0 Å². The van der Waals surface area contributed by atoms with Gasteiger partial charge in [-0.05, 0) is 24.2 Å². The lowest BCUT2D eigenvalue weighted by Crippen LogP contribution is -2.47. The Morgan fingerprint density at radius 3 is 2.53 bits per heavy atom. The molecule has 2 rings (SSSR count). The maximum atomic E-state index is 12.1. The van der Waals surface area contributed by atoms with E-state index in [1.54, 1.807) is 0 Å². The first kappa shape index (κ1) is 10.6. The van der Waals surface area contributed by atoms with E-state index in [2.05, 4.69) is 0 Å². The number of hydrogen-bond acceptors (Lipinski definition) is 4. The average molecular weight is 211 g/mol. The highest BCUT2D eigenvalue weighted by Gasteiger charge is 2.72. The Bertz CT molecular complexity index is 337. The van der Waals surface area contributed by atoms with Crippen molar-refractivity contribution in [3.05, 3.63) is 0 Å². The molecule has 0 saturated heterocycles. The second-order valence-electron chi connectivity index (χ2n) is 5.15. The number of hydrogen-bond donors (Lipinski definition) is 1. The summed E-state index contributed by atoms with van der Waals surface area (Å²) < 4.78 is 4.79. The lowest BCUT2D eigenvalue weighted by molar-refractivity contribution is -0.161. The van der Waals surface area contributed by atoms with E-state index in [1.807, 2.05) is 13.8 Å². The molecule has 0 amide bonds. The van der Waals surface area contributed by atoms with Crippen LogP contribution in [0.5, 0.6) is 0 Å². The molecule has 2 aliphatic rings. The molecule has 0 heterocycles. The van der Waals surface area contributed by atoms with Gasteiger partial charge in [0.2, 0.25) is 0 Å². The smallest absolute Gasteiger partial charge is 0.319 e. The van der Waals surface area contributed by atoms with Gasteiger partial charge >= 0.3 is 5.97 Å². The molecule has 2 fully saturated rings. The van der Waals surface area contributed by atoms with Gasteiger partial charge < -0.3 is 10.5 Å². The normalized spacial score (nSPS) is 42.0.